The van der Waals surface area contributed by atoms with E-state index < -0.39 is 12.1 Å². The molecule has 5 N–H and O–H groups in total. The summed E-state index contributed by atoms with van der Waals surface area (Å²) in [6.45, 7) is 0. The van der Waals surface area contributed by atoms with E-state index in [2.05, 4.69) is 21.0 Å². The normalized spacial score (nSPS) is 9.31. The smallest absolute Gasteiger partial charge is 0.343 e. The highest BCUT2D eigenvalue weighted by molar-refractivity contribution is 5.97. The van der Waals surface area contributed by atoms with Crippen LogP contribution in [0.5, 0.6) is 0 Å². The molecule has 0 saturated heterocycles. The van der Waals surface area contributed by atoms with Gasteiger partial charge in [0.25, 0.3) is 0 Å². The Hall–Kier alpha value is -2.28. The van der Waals surface area contributed by atoms with Gasteiger partial charge in [0.15, 0.2) is 0 Å². The standard InChI is InChI=1S/C9H12N4O3/c1-16-13-9(15)12-7-5-3-2-4-6(7)11-8(10)14/h2-5H,1H3,(H3,10,11,14)(H2,12,13,15). The van der Waals surface area contributed by atoms with Gasteiger partial charge in [0.1, 0.15) is 0 Å². The molecular weight excluding hydrogens is 212 g/mol. The summed E-state index contributed by atoms with van der Waals surface area (Å²) in [5.74, 6) is 0. The summed E-state index contributed by atoms with van der Waals surface area (Å²) in [5.41, 5.74) is 7.88. The average molecular weight is 224 g/mol. The van der Waals surface area contributed by atoms with Crippen molar-refractivity contribution in [2.75, 3.05) is 17.7 Å². The van der Waals surface area contributed by atoms with E-state index in [0.29, 0.717) is 11.4 Å². The molecule has 0 aliphatic carbocycles. The number of para-hydroxylation sites is 2. The van der Waals surface area contributed by atoms with Gasteiger partial charge in [-0.05, 0) is 12.1 Å². The summed E-state index contributed by atoms with van der Waals surface area (Å²) in [4.78, 5) is 26.3. The molecule has 1 aromatic rings. The van der Waals surface area contributed by atoms with Gasteiger partial charge >= 0.3 is 12.1 Å². The van der Waals surface area contributed by atoms with Crippen LogP contribution in [0.25, 0.3) is 0 Å². The van der Waals surface area contributed by atoms with Gasteiger partial charge in [0, 0.05) is 0 Å². The Balaban J connectivity index is 2.78. The van der Waals surface area contributed by atoms with Crippen LogP contribution in [0.1, 0.15) is 0 Å². The van der Waals surface area contributed by atoms with Gasteiger partial charge in [-0.1, -0.05) is 12.1 Å². The molecule has 7 nitrogen and oxygen atoms in total. The van der Waals surface area contributed by atoms with E-state index in [9.17, 15) is 9.59 Å². The number of nitrogens with two attached hydrogens (primary N) is 1. The second-order valence-electron chi connectivity index (χ2n) is 2.80. The van der Waals surface area contributed by atoms with E-state index in [1.54, 1.807) is 24.3 Å². The summed E-state index contributed by atoms with van der Waals surface area (Å²) in [5, 5.41) is 4.85. The van der Waals surface area contributed by atoms with Crippen LogP contribution in [0.3, 0.4) is 0 Å². The fraction of sp³-hybridized carbons (Fsp3) is 0.111. The summed E-state index contributed by atoms with van der Waals surface area (Å²) in [6.07, 6.45) is 0. The fourth-order valence-corrected chi connectivity index (χ4v) is 1.07. The highest BCUT2D eigenvalue weighted by Gasteiger charge is 2.06. The molecule has 16 heavy (non-hydrogen) atoms. The number of hydroxylamine groups is 1. The molecule has 0 aliphatic rings. The van der Waals surface area contributed by atoms with Crippen molar-refractivity contribution in [2.45, 2.75) is 0 Å². The monoisotopic (exact) mass is 224 g/mol. The number of carbonyl (C=O) groups is 2. The summed E-state index contributed by atoms with van der Waals surface area (Å²) in [7, 11) is 1.31. The summed E-state index contributed by atoms with van der Waals surface area (Å²) in [6, 6.07) is 5.36. The van der Waals surface area contributed by atoms with Crippen LogP contribution >= 0.6 is 0 Å². The number of hydrogen-bond donors (Lipinski definition) is 4. The molecule has 4 amide bonds. The Kier molecular flexibility index (Phi) is 4.10. The molecule has 0 aromatic heterocycles. The van der Waals surface area contributed by atoms with Gasteiger partial charge in [0.2, 0.25) is 0 Å². The lowest BCUT2D eigenvalue weighted by Gasteiger charge is -2.10. The van der Waals surface area contributed by atoms with Crippen molar-refractivity contribution in [3.8, 4) is 0 Å². The van der Waals surface area contributed by atoms with Crippen molar-refractivity contribution >= 4 is 23.4 Å². The third-order valence-corrected chi connectivity index (χ3v) is 1.63. The Labute approximate surface area is 91.9 Å². The zero-order chi connectivity index (χ0) is 12.0. The molecule has 0 saturated carbocycles. The van der Waals surface area contributed by atoms with Gasteiger partial charge in [-0.15, -0.1) is 0 Å². The SMILES string of the molecule is CONC(=O)Nc1ccccc1NC(N)=O. The first-order valence-electron chi connectivity index (χ1n) is 4.39. The minimum absolute atomic E-state index is 0.404. The van der Waals surface area contributed by atoms with Crippen molar-refractivity contribution in [3.63, 3.8) is 0 Å². The van der Waals surface area contributed by atoms with Crippen LogP contribution in [0.4, 0.5) is 21.0 Å². The number of hydrogen-bond acceptors (Lipinski definition) is 3. The molecule has 0 atom stereocenters. The zero-order valence-corrected chi connectivity index (χ0v) is 8.61. The minimum atomic E-state index is -0.707. The molecule has 1 rings (SSSR count). The summed E-state index contributed by atoms with van der Waals surface area (Å²) < 4.78 is 0. The highest BCUT2D eigenvalue weighted by Crippen LogP contribution is 2.20. The van der Waals surface area contributed by atoms with Gasteiger partial charge < -0.3 is 16.4 Å². The average Bonchev–Trinajstić information content (AvgIpc) is 2.20. The van der Waals surface area contributed by atoms with Crippen LogP contribution in [-0.4, -0.2) is 19.2 Å². The minimum Gasteiger partial charge on any atom is -0.351 e. The first kappa shape index (κ1) is 11.8. The topological polar surface area (TPSA) is 105 Å². The maximum atomic E-state index is 11.2. The molecule has 86 valence electrons. The van der Waals surface area contributed by atoms with Crippen molar-refractivity contribution in [2.24, 2.45) is 5.73 Å². The number of primary amides is 1. The third-order valence-electron chi connectivity index (χ3n) is 1.63. The van der Waals surface area contributed by atoms with E-state index in [-0.39, 0.29) is 0 Å². The van der Waals surface area contributed by atoms with Crippen LogP contribution < -0.4 is 21.8 Å². The lowest BCUT2D eigenvalue weighted by molar-refractivity contribution is 0.114. The van der Waals surface area contributed by atoms with E-state index in [0.717, 1.165) is 0 Å². The maximum Gasteiger partial charge on any atom is 0.343 e. The van der Waals surface area contributed by atoms with Crippen molar-refractivity contribution in [1.82, 2.24) is 5.48 Å². The Bertz CT molecular complexity index is 394. The second-order valence-corrected chi connectivity index (χ2v) is 2.80. The quantitative estimate of drug-likeness (QED) is 0.572. The maximum absolute atomic E-state index is 11.2. The molecule has 7 heteroatoms. The number of nitrogens with one attached hydrogen (secondary N) is 3. The second kappa shape index (κ2) is 5.56. The fourth-order valence-electron chi connectivity index (χ4n) is 1.07. The van der Waals surface area contributed by atoms with Crippen molar-refractivity contribution in [3.05, 3.63) is 24.3 Å². The van der Waals surface area contributed by atoms with Crippen molar-refractivity contribution in [1.29, 1.82) is 0 Å². The first-order valence-corrected chi connectivity index (χ1v) is 4.39. The van der Waals surface area contributed by atoms with Gasteiger partial charge in [-0.3, -0.25) is 4.84 Å². The van der Waals surface area contributed by atoms with Crippen LogP contribution in [0.2, 0.25) is 0 Å². The third kappa shape index (κ3) is 3.46. The zero-order valence-electron chi connectivity index (χ0n) is 8.61. The molecular formula is C9H12N4O3. The van der Waals surface area contributed by atoms with Crippen LogP contribution in [0, 0.1) is 0 Å². The van der Waals surface area contributed by atoms with Gasteiger partial charge in [0.05, 0.1) is 18.5 Å². The highest BCUT2D eigenvalue weighted by atomic mass is 16.6. The molecule has 0 aliphatic heterocycles. The predicted octanol–water partition coefficient (Wildman–Crippen LogP) is 0.860. The number of urea groups is 2. The van der Waals surface area contributed by atoms with Crippen LogP contribution in [0.15, 0.2) is 24.3 Å². The molecule has 0 unspecified atom stereocenters. The molecule has 0 bridgehead atoms. The number of benzene rings is 1. The van der Waals surface area contributed by atoms with E-state index in [1.807, 2.05) is 0 Å². The molecule has 1 aromatic carbocycles. The number of anilines is 2. The summed E-state index contributed by atoms with van der Waals surface area (Å²) >= 11 is 0. The van der Waals surface area contributed by atoms with E-state index in [1.165, 1.54) is 7.11 Å². The predicted molar refractivity (Wildman–Crippen MR) is 58.8 cm³/mol. The van der Waals surface area contributed by atoms with Crippen molar-refractivity contribution < 1.29 is 14.4 Å². The lowest BCUT2D eigenvalue weighted by atomic mass is 10.2. The van der Waals surface area contributed by atoms with Gasteiger partial charge in [-0.2, -0.15) is 0 Å². The number of rotatable bonds is 3. The molecule has 0 radical (unpaired) electrons. The number of amides is 4. The van der Waals surface area contributed by atoms with Gasteiger partial charge in [-0.25, -0.2) is 15.1 Å². The molecule has 0 spiro atoms. The molecule has 0 heterocycles. The first-order chi connectivity index (χ1) is 7.63. The number of carbonyl (C=O) groups excluding carboxylic acids is 2. The van der Waals surface area contributed by atoms with E-state index >= 15 is 0 Å². The van der Waals surface area contributed by atoms with E-state index in [4.69, 9.17) is 5.73 Å². The Morgan fingerprint density at radius 3 is 2.25 bits per heavy atom. The van der Waals surface area contributed by atoms with Crippen LogP contribution in [-0.2, 0) is 4.84 Å². The Morgan fingerprint density at radius 1 is 1.19 bits per heavy atom. The molecule has 0 fully saturated rings. The Morgan fingerprint density at radius 2 is 1.75 bits per heavy atom. The lowest BCUT2D eigenvalue weighted by Crippen LogP contribution is -2.28. The largest absolute Gasteiger partial charge is 0.351 e.